The minimum atomic E-state index is 1.06. The number of fused-ring (bicyclic) bond motifs is 2. The highest BCUT2D eigenvalue weighted by Crippen LogP contribution is 2.35. The SMILES string of the molecule is c1ccc(-c2ccc3ccccc3c2NNc2cccc3ccccc23)cc1. The Labute approximate surface area is 164 Å². The van der Waals surface area contributed by atoms with Crippen molar-refractivity contribution in [2.24, 2.45) is 0 Å². The smallest absolute Gasteiger partial charge is 0.0696 e. The van der Waals surface area contributed by atoms with Gasteiger partial charge in [0.1, 0.15) is 0 Å². The number of hydrazine groups is 1. The number of rotatable bonds is 4. The molecular formula is C26H20N2. The van der Waals surface area contributed by atoms with Crippen molar-refractivity contribution >= 4 is 32.9 Å². The highest BCUT2D eigenvalue weighted by Gasteiger charge is 2.10. The summed E-state index contributed by atoms with van der Waals surface area (Å²) >= 11 is 0. The Hall–Kier alpha value is -3.78. The molecule has 0 saturated carbocycles. The van der Waals surface area contributed by atoms with Crippen LogP contribution < -0.4 is 10.9 Å². The molecule has 2 heteroatoms. The molecule has 0 radical (unpaired) electrons. The molecule has 0 aromatic heterocycles. The lowest BCUT2D eigenvalue weighted by molar-refractivity contribution is 1.44. The predicted octanol–water partition coefficient (Wildman–Crippen LogP) is 7.10. The van der Waals surface area contributed by atoms with Crippen LogP contribution in [0.4, 0.5) is 11.4 Å². The molecule has 0 aliphatic carbocycles. The zero-order chi connectivity index (χ0) is 18.8. The van der Waals surface area contributed by atoms with Crippen LogP contribution in [0.25, 0.3) is 32.7 Å². The van der Waals surface area contributed by atoms with Gasteiger partial charge in [0.2, 0.25) is 0 Å². The van der Waals surface area contributed by atoms with Crippen molar-refractivity contribution in [1.82, 2.24) is 0 Å². The van der Waals surface area contributed by atoms with E-state index in [0.717, 1.165) is 11.4 Å². The lowest BCUT2D eigenvalue weighted by atomic mass is 9.98. The Morgan fingerprint density at radius 2 is 1.07 bits per heavy atom. The van der Waals surface area contributed by atoms with E-state index in [9.17, 15) is 0 Å². The van der Waals surface area contributed by atoms with Gasteiger partial charge < -0.3 is 5.43 Å². The van der Waals surface area contributed by atoms with E-state index in [4.69, 9.17) is 0 Å². The van der Waals surface area contributed by atoms with Gasteiger partial charge in [-0.05, 0) is 22.4 Å². The topological polar surface area (TPSA) is 24.1 Å². The van der Waals surface area contributed by atoms with Gasteiger partial charge in [-0.15, -0.1) is 0 Å². The van der Waals surface area contributed by atoms with Crippen molar-refractivity contribution in [2.75, 3.05) is 10.9 Å². The van der Waals surface area contributed by atoms with Crippen molar-refractivity contribution < 1.29 is 0 Å². The lowest BCUT2D eigenvalue weighted by Crippen LogP contribution is -2.10. The molecule has 0 fully saturated rings. The number of benzene rings is 5. The molecule has 0 saturated heterocycles. The summed E-state index contributed by atoms with van der Waals surface area (Å²) < 4.78 is 0. The van der Waals surface area contributed by atoms with Gasteiger partial charge in [0.05, 0.1) is 11.4 Å². The second-order valence-electron chi connectivity index (χ2n) is 6.85. The maximum absolute atomic E-state index is 3.51. The predicted molar refractivity (Wildman–Crippen MR) is 121 cm³/mol. The second-order valence-corrected chi connectivity index (χ2v) is 6.85. The Balaban J connectivity index is 1.61. The largest absolute Gasteiger partial charge is 0.300 e. The number of hydrogen-bond donors (Lipinski definition) is 2. The Morgan fingerprint density at radius 3 is 1.89 bits per heavy atom. The molecule has 5 aromatic rings. The van der Waals surface area contributed by atoms with E-state index < -0.39 is 0 Å². The van der Waals surface area contributed by atoms with Crippen LogP contribution in [0.1, 0.15) is 0 Å². The van der Waals surface area contributed by atoms with Gasteiger partial charge >= 0.3 is 0 Å². The van der Waals surface area contributed by atoms with Gasteiger partial charge in [-0.3, -0.25) is 5.43 Å². The van der Waals surface area contributed by atoms with E-state index in [1.54, 1.807) is 0 Å². The molecular weight excluding hydrogens is 340 g/mol. The standard InChI is InChI=1S/C26H20N2/c1-2-9-20(10-3-1)24-18-17-21-12-5-7-15-23(21)26(24)28-27-25-16-8-13-19-11-4-6-14-22(19)25/h1-18,27-28H. The van der Waals surface area contributed by atoms with Gasteiger partial charge in [0.25, 0.3) is 0 Å². The van der Waals surface area contributed by atoms with Crippen LogP contribution in [-0.4, -0.2) is 0 Å². The molecule has 134 valence electrons. The van der Waals surface area contributed by atoms with E-state index in [-0.39, 0.29) is 0 Å². The molecule has 0 atom stereocenters. The molecule has 0 spiro atoms. The third-order valence-electron chi connectivity index (χ3n) is 5.13. The summed E-state index contributed by atoms with van der Waals surface area (Å²) in [4.78, 5) is 0. The lowest BCUT2D eigenvalue weighted by Gasteiger charge is -2.18. The van der Waals surface area contributed by atoms with Crippen LogP contribution in [0, 0.1) is 0 Å². The molecule has 2 N–H and O–H groups in total. The van der Waals surface area contributed by atoms with Gasteiger partial charge in [-0.25, -0.2) is 0 Å². The van der Waals surface area contributed by atoms with Crippen LogP contribution in [0.15, 0.2) is 109 Å². The van der Waals surface area contributed by atoms with Crippen LogP contribution >= 0.6 is 0 Å². The third kappa shape index (κ3) is 2.95. The molecule has 0 bridgehead atoms. The summed E-state index contributed by atoms with van der Waals surface area (Å²) in [5.41, 5.74) is 11.5. The summed E-state index contributed by atoms with van der Waals surface area (Å²) in [6, 6.07) is 38.0. The molecule has 5 aromatic carbocycles. The molecule has 0 amide bonds. The molecule has 0 heterocycles. The van der Waals surface area contributed by atoms with Gasteiger partial charge in [0.15, 0.2) is 0 Å². The van der Waals surface area contributed by atoms with E-state index in [0.29, 0.717) is 0 Å². The maximum Gasteiger partial charge on any atom is 0.0696 e. The monoisotopic (exact) mass is 360 g/mol. The van der Waals surface area contributed by atoms with Gasteiger partial charge in [-0.1, -0.05) is 103 Å². The molecule has 5 rings (SSSR count). The van der Waals surface area contributed by atoms with E-state index >= 15 is 0 Å². The molecule has 0 aliphatic heterocycles. The number of hydrogen-bond acceptors (Lipinski definition) is 2. The zero-order valence-corrected chi connectivity index (χ0v) is 15.4. The number of nitrogens with one attached hydrogen (secondary N) is 2. The minimum absolute atomic E-state index is 1.06. The van der Waals surface area contributed by atoms with Crippen LogP contribution in [0.5, 0.6) is 0 Å². The van der Waals surface area contributed by atoms with Crippen molar-refractivity contribution in [3.63, 3.8) is 0 Å². The number of anilines is 2. The van der Waals surface area contributed by atoms with Crippen molar-refractivity contribution in [3.8, 4) is 11.1 Å². The van der Waals surface area contributed by atoms with Crippen molar-refractivity contribution in [2.45, 2.75) is 0 Å². The first kappa shape index (κ1) is 16.4. The van der Waals surface area contributed by atoms with Crippen LogP contribution in [0.3, 0.4) is 0 Å². The maximum atomic E-state index is 3.51. The van der Waals surface area contributed by atoms with Gasteiger partial charge in [0, 0.05) is 16.3 Å². The highest BCUT2D eigenvalue weighted by atomic mass is 15.4. The quantitative estimate of drug-likeness (QED) is 0.334. The van der Waals surface area contributed by atoms with Crippen molar-refractivity contribution in [3.05, 3.63) is 109 Å². The molecule has 2 nitrogen and oxygen atoms in total. The van der Waals surface area contributed by atoms with E-state index in [1.165, 1.54) is 32.7 Å². The van der Waals surface area contributed by atoms with Crippen LogP contribution in [0.2, 0.25) is 0 Å². The fraction of sp³-hybridized carbons (Fsp3) is 0. The zero-order valence-electron chi connectivity index (χ0n) is 15.4. The summed E-state index contributed by atoms with van der Waals surface area (Å²) in [5.74, 6) is 0. The summed E-state index contributed by atoms with van der Waals surface area (Å²) in [6.45, 7) is 0. The second kappa shape index (κ2) is 7.09. The van der Waals surface area contributed by atoms with Crippen molar-refractivity contribution in [1.29, 1.82) is 0 Å². The highest BCUT2D eigenvalue weighted by molar-refractivity contribution is 6.02. The Kier molecular flexibility index (Phi) is 4.15. The van der Waals surface area contributed by atoms with E-state index in [1.807, 2.05) is 6.07 Å². The first-order valence-corrected chi connectivity index (χ1v) is 9.47. The molecule has 0 aliphatic rings. The van der Waals surface area contributed by atoms with Crippen LogP contribution in [-0.2, 0) is 0 Å². The Morgan fingerprint density at radius 1 is 0.429 bits per heavy atom. The molecule has 28 heavy (non-hydrogen) atoms. The summed E-state index contributed by atoms with van der Waals surface area (Å²) in [6.07, 6.45) is 0. The average Bonchev–Trinajstić information content (AvgIpc) is 2.78. The normalized spacial score (nSPS) is 10.9. The van der Waals surface area contributed by atoms with Gasteiger partial charge in [-0.2, -0.15) is 0 Å². The fourth-order valence-corrected chi connectivity index (χ4v) is 3.73. The first-order valence-electron chi connectivity index (χ1n) is 9.47. The summed E-state index contributed by atoms with van der Waals surface area (Å²) in [7, 11) is 0. The fourth-order valence-electron chi connectivity index (χ4n) is 3.73. The van der Waals surface area contributed by atoms with E-state index in [2.05, 4.69) is 114 Å². The molecule has 0 unspecified atom stereocenters. The average molecular weight is 360 g/mol. The third-order valence-corrected chi connectivity index (χ3v) is 5.13. The minimum Gasteiger partial charge on any atom is -0.300 e. The first-order chi connectivity index (χ1) is 13.9. The summed E-state index contributed by atoms with van der Waals surface area (Å²) in [5, 5.41) is 4.82. The Bertz CT molecular complexity index is 1250.